The molecule has 0 aromatic heterocycles. The molecule has 0 radical (unpaired) electrons. The summed E-state index contributed by atoms with van der Waals surface area (Å²) < 4.78 is 45.7. The lowest BCUT2D eigenvalue weighted by Crippen LogP contribution is -2.56. The van der Waals surface area contributed by atoms with Crippen LogP contribution in [0, 0.1) is 11.3 Å². The molecule has 2 saturated heterocycles. The Morgan fingerprint density at radius 2 is 1.94 bits per heavy atom. The predicted molar refractivity (Wildman–Crippen MR) is 130 cm³/mol. The molecule has 9 nitrogen and oxygen atoms in total. The van der Waals surface area contributed by atoms with Gasteiger partial charge in [-0.1, -0.05) is 0 Å². The molecule has 0 bridgehead atoms. The lowest BCUT2D eigenvalue weighted by atomic mass is 9.97. The van der Waals surface area contributed by atoms with Crippen LogP contribution in [0.4, 0.5) is 23.7 Å². The maximum Gasteiger partial charge on any atom is 0.421 e. The smallest absolute Gasteiger partial charge is 0.421 e. The normalized spacial score (nSPS) is 19.1. The maximum atomic E-state index is 13.5. The SMILES string of the molecule is CN(C)CCOC(=O)NN1CCC(N2C(=S)N(c3ccc(C#N)c(C(F)(F)F)c3)C(=O)C2(C)C)CC1. The molecule has 2 aliphatic rings. The number of likely N-dealkylation sites (N-methyl/N-ethyl adjacent to an activating group) is 1. The van der Waals surface area contributed by atoms with Gasteiger partial charge in [0.2, 0.25) is 0 Å². The van der Waals surface area contributed by atoms with Gasteiger partial charge in [0.05, 0.1) is 22.9 Å². The zero-order valence-electron chi connectivity index (χ0n) is 20.6. The second kappa shape index (κ2) is 10.6. The number of halogens is 3. The van der Waals surface area contributed by atoms with E-state index in [1.54, 1.807) is 29.8 Å². The van der Waals surface area contributed by atoms with E-state index in [1.807, 2.05) is 19.0 Å². The van der Waals surface area contributed by atoms with Gasteiger partial charge < -0.3 is 14.5 Å². The van der Waals surface area contributed by atoms with Crippen LogP contribution in [0.3, 0.4) is 0 Å². The van der Waals surface area contributed by atoms with Crippen LogP contribution in [0.15, 0.2) is 18.2 Å². The summed E-state index contributed by atoms with van der Waals surface area (Å²) in [4.78, 5) is 30.1. The van der Waals surface area contributed by atoms with Gasteiger partial charge in [-0.15, -0.1) is 0 Å². The number of ether oxygens (including phenoxy) is 1. The quantitative estimate of drug-likeness (QED) is 0.566. The molecule has 2 heterocycles. The summed E-state index contributed by atoms with van der Waals surface area (Å²) >= 11 is 5.59. The highest BCUT2D eigenvalue weighted by Crippen LogP contribution is 2.39. The van der Waals surface area contributed by atoms with E-state index >= 15 is 0 Å². The molecule has 0 unspecified atom stereocenters. The molecule has 0 aliphatic carbocycles. The first-order chi connectivity index (χ1) is 16.8. The van der Waals surface area contributed by atoms with Crippen molar-refractivity contribution >= 4 is 35.0 Å². The average Bonchev–Trinajstić information content (AvgIpc) is 2.97. The predicted octanol–water partition coefficient (Wildman–Crippen LogP) is 2.96. The summed E-state index contributed by atoms with van der Waals surface area (Å²) in [5.74, 6) is -0.449. The summed E-state index contributed by atoms with van der Waals surface area (Å²) in [7, 11) is 3.75. The number of piperidine rings is 1. The van der Waals surface area contributed by atoms with Gasteiger partial charge in [-0.3, -0.25) is 15.1 Å². The third kappa shape index (κ3) is 5.71. The van der Waals surface area contributed by atoms with Crippen LogP contribution in [-0.4, -0.2) is 83.8 Å². The number of benzene rings is 1. The molecule has 1 N–H and O–H groups in total. The van der Waals surface area contributed by atoms with E-state index in [9.17, 15) is 22.8 Å². The van der Waals surface area contributed by atoms with E-state index in [0.29, 0.717) is 32.5 Å². The second-order valence-corrected chi connectivity index (χ2v) is 9.83. The molecule has 1 aromatic rings. The Bertz CT molecular complexity index is 1060. The van der Waals surface area contributed by atoms with Crippen molar-refractivity contribution in [1.29, 1.82) is 5.26 Å². The summed E-state index contributed by atoms with van der Waals surface area (Å²) in [6.07, 6.45) is -4.18. The molecule has 13 heteroatoms. The molecule has 2 fully saturated rings. The number of anilines is 1. The summed E-state index contributed by atoms with van der Waals surface area (Å²) in [5, 5.41) is 10.9. The minimum absolute atomic E-state index is 0.0357. The Labute approximate surface area is 213 Å². The van der Waals surface area contributed by atoms with Gasteiger partial charge in [0, 0.05) is 25.7 Å². The summed E-state index contributed by atoms with van der Waals surface area (Å²) in [5.41, 5.74) is -0.0689. The van der Waals surface area contributed by atoms with Gasteiger partial charge in [-0.25, -0.2) is 9.80 Å². The highest BCUT2D eigenvalue weighted by Gasteiger charge is 2.52. The Morgan fingerprint density at radius 1 is 1.31 bits per heavy atom. The lowest BCUT2D eigenvalue weighted by Gasteiger charge is -2.41. The molecule has 2 aliphatic heterocycles. The molecule has 1 aromatic carbocycles. The summed E-state index contributed by atoms with van der Waals surface area (Å²) in [6.45, 7) is 5.18. The zero-order valence-corrected chi connectivity index (χ0v) is 21.4. The van der Waals surface area contributed by atoms with Gasteiger partial charge in [0.1, 0.15) is 12.1 Å². The number of hydrogen-bond acceptors (Lipinski definition) is 7. The number of amides is 2. The fraction of sp³-hybridized carbons (Fsp3) is 0.565. The van der Waals surface area contributed by atoms with Gasteiger partial charge in [0.25, 0.3) is 5.91 Å². The van der Waals surface area contributed by atoms with Crippen LogP contribution in [0.2, 0.25) is 0 Å². The van der Waals surface area contributed by atoms with Crippen molar-refractivity contribution in [3.8, 4) is 6.07 Å². The number of hydrazine groups is 1. The Morgan fingerprint density at radius 3 is 2.50 bits per heavy atom. The van der Waals surface area contributed by atoms with Crippen molar-refractivity contribution in [3.63, 3.8) is 0 Å². The number of rotatable bonds is 6. The van der Waals surface area contributed by atoms with Crippen LogP contribution in [0.25, 0.3) is 0 Å². The number of nitriles is 1. The van der Waals surface area contributed by atoms with Crippen molar-refractivity contribution in [3.05, 3.63) is 29.3 Å². The fourth-order valence-electron chi connectivity index (χ4n) is 4.37. The van der Waals surface area contributed by atoms with Crippen LogP contribution < -0.4 is 10.3 Å². The Kier molecular flexibility index (Phi) is 8.12. The number of alkyl halides is 3. The maximum absolute atomic E-state index is 13.5. The molecule has 0 saturated carbocycles. The first-order valence-electron chi connectivity index (χ1n) is 11.4. The van der Waals surface area contributed by atoms with Crippen LogP contribution in [-0.2, 0) is 15.7 Å². The van der Waals surface area contributed by atoms with Gasteiger partial charge in [0.15, 0.2) is 5.11 Å². The number of hydrogen-bond donors (Lipinski definition) is 1. The largest absolute Gasteiger partial charge is 0.447 e. The van der Waals surface area contributed by atoms with Crippen LogP contribution >= 0.6 is 12.2 Å². The number of carbonyl (C=O) groups is 2. The van der Waals surface area contributed by atoms with Gasteiger partial charge >= 0.3 is 12.3 Å². The minimum Gasteiger partial charge on any atom is -0.447 e. The zero-order chi connectivity index (χ0) is 26.8. The first-order valence-corrected chi connectivity index (χ1v) is 11.8. The second-order valence-electron chi connectivity index (χ2n) is 9.46. The first kappa shape index (κ1) is 27.6. The van der Waals surface area contributed by atoms with Crippen molar-refractivity contribution in [2.24, 2.45) is 0 Å². The summed E-state index contributed by atoms with van der Waals surface area (Å²) in [6, 6.07) is 4.51. The number of carbonyl (C=O) groups excluding carboxylic acids is 2. The molecule has 36 heavy (non-hydrogen) atoms. The van der Waals surface area contributed by atoms with E-state index in [0.717, 1.165) is 17.0 Å². The van der Waals surface area contributed by atoms with E-state index in [-0.39, 0.29) is 23.4 Å². The molecule has 3 rings (SSSR count). The standard InChI is InChI=1S/C23H29F3N6O3S/c1-22(2)19(33)31(17-6-5-15(14-27)18(13-17)23(24,25)26)21(36)32(22)16-7-9-30(10-8-16)28-20(34)35-12-11-29(3)4/h5-6,13,16H,7-12H2,1-4H3,(H,28,34). The van der Waals surface area contributed by atoms with Crippen molar-refractivity contribution in [1.82, 2.24) is 20.2 Å². The van der Waals surface area contributed by atoms with E-state index in [1.165, 1.54) is 6.07 Å². The van der Waals surface area contributed by atoms with Crippen molar-refractivity contribution in [2.45, 2.75) is 44.4 Å². The van der Waals surface area contributed by atoms with Crippen LogP contribution in [0.5, 0.6) is 0 Å². The molecule has 196 valence electrons. The lowest BCUT2D eigenvalue weighted by molar-refractivity contribution is -0.137. The van der Waals surface area contributed by atoms with Crippen molar-refractivity contribution in [2.75, 3.05) is 45.2 Å². The molecular formula is C23H29F3N6O3S. The Balaban J connectivity index is 1.72. The van der Waals surface area contributed by atoms with E-state index in [2.05, 4.69) is 5.43 Å². The average molecular weight is 527 g/mol. The minimum atomic E-state index is -4.76. The molecular weight excluding hydrogens is 497 g/mol. The topological polar surface area (TPSA) is 92.2 Å². The highest BCUT2D eigenvalue weighted by atomic mass is 32.1. The third-order valence-corrected chi connectivity index (χ3v) is 6.64. The van der Waals surface area contributed by atoms with E-state index < -0.39 is 34.8 Å². The van der Waals surface area contributed by atoms with Gasteiger partial charge in [-0.2, -0.15) is 18.4 Å². The van der Waals surface area contributed by atoms with Gasteiger partial charge in [-0.05, 0) is 71.2 Å². The fourth-order valence-corrected chi connectivity index (χ4v) is 4.94. The molecule has 0 spiro atoms. The number of thiocarbonyl (C=S) groups is 1. The van der Waals surface area contributed by atoms with Crippen LogP contribution in [0.1, 0.15) is 37.8 Å². The van der Waals surface area contributed by atoms with E-state index in [4.69, 9.17) is 22.2 Å². The monoisotopic (exact) mass is 526 g/mol. The Hall–Kier alpha value is -2.95. The third-order valence-electron chi connectivity index (χ3n) is 6.26. The number of nitrogens with zero attached hydrogens (tertiary/aromatic N) is 5. The highest BCUT2D eigenvalue weighted by molar-refractivity contribution is 7.80. The number of nitrogens with one attached hydrogen (secondary N) is 1. The molecule has 0 atom stereocenters. The molecule has 2 amide bonds. The van der Waals surface area contributed by atoms with Crippen molar-refractivity contribution < 1.29 is 27.5 Å².